The fourth-order valence-corrected chi connectivity index (χ4v) is 2.14. The number of ketones is 2. The molecule has 22 heavy (non-hydrogen) atoms. The maximum atomic E-state index is 12.7. The first kappa shape index (κ1) is 16.1. The molecule has 1 atom stereocenters. The Hall–Kier alpha value is -2.29. The van der Waals surface area contributed by atoms with Crippen LogP contribution >= 0.6 is 0 Å². The highest BCUT2D eigenvalue weighted by atomic mass is 19.4. The quantitative estimate of drug-likeness (QED) is 0.370. The first-order valence-electron chi connectivity index (χ1n) is 6.22. The summed E-state index contributed by atoms with van der Waals surface area (Å²) in [4.78, 5) is 33.4. The van der Waals surface area contributed by atoms with E-state index in [0.717, 1.165) is 6.07 Å². The minimum absolute atomic E-state index is 0.0269. The number of Topliss-reactive ketones (excluding diaryl/α,β-unsaturated/α-hetero) is 2. The van der Waals surface area contributed by atoms with Crippen molar-refractivity contribution in [2.45, 2.75) is 12.6 Å². The molecule has 1 aliphatic rings. The van der Waals surface area contributed by atoms with Gasteiger partial charge in [-0.2, -0.15) is 13.2 Å². The van der Waals surface area contributed by atoms with Gasteiger partial charge in [0.15, 0.2) is 5.78 Å². The monoisotopic (exact) mass is 317 g/mol. The SMILES string of the molecule is O=C1CCOCC1C(=O)c1ccc(C(F)(F)F)c([N+](=O)[O-])c1. The van der Waals surface area contributed by atoms with Crippen molar-refractivity contribution >= 4 is 17.3 Å². The van der Waals surface area contributed by atoms with Gasteiger partial charge in [0.1, 0.15) is 17.3 Å². The van der Waals surface area contributed by atoms with Crippen molar-refractivity contribution in [2.75, 3.05) is 13.2 Å². The molecule has 1 aliphatic heterocycles. The van der Waals surface area contributed by atoms with Gasteiger partial charge in [0.2, 0.25) is 0 Å². The van der Waals surface area contributed by atoms with Crippen LogP contribution in [0, 0.1) is 16.0 Å². The summed E-state index contributed by atoms with van der Waals surface area (Å²) in [7, 11) is 0. The van der Waals surface area contributed by atoms with Crippen molar-refractivity contribution in [3.8, 4) is 0 Å². The lowest BCUT2D eigenvalue weighted by molar-refractivity contribution is -0.388. The molecule has 0 amide bonds. The lowest BCUT2D eigenvalue weighted by Crippen LogP contribution is -2.34. The fraction of sp³-hybridized carbons (Fsp3) is 0.385. The van der Waals surface area contributed by atoms with Crippen LogP contribution in [-0.2, 0) is 15.7 Å². The second-order valence-corrected chi connectivity index (χ2v) is 4.69. The zero-order valence-corrected chi connectivity index (χ0v) is 11.1. The first-order valence-corrected chi connectivity index (χ1v) is 6.22. The highest BCUT2D eigenvalue weighted by molar-refractivity contribution is 6.11. The lowest BCUT2D eigenvalue weighted by atomic mass is 9.91. The summed E-state index contributed by atoms with van der Waals surface area (Å²) in [6, 6.07) is 1.85. The summed E-state index contributed by atoms with van der Waals surface area (Å²) in [6.45, 7) is 0.00224. The summed E-state index contributed by atoms with van der Waals surface area (Å²) < 4.78 is 43.1. The van der Waals surface area contributed by atoms with Gasteiger partial charge in [0.05, 0.1) is 18.1 Å². The summed E-state index contributed by atoms with van der Waals surface area (Å²) in [5.74, 6) is -2.30. The van der Waals surface area contributed by atoms with Crippen molar-refractivity contribution in [2.24, 2.45) is 5.92 Å². The van der Waals surface area contributed by atoms with E-state index >= 15 is 0 Å². The Bertz CT molecular complexity index is 641. The number of nitro groups is 1. The largest absolute Gasteiger partial charge is 0.422 e. The van der Waals surface area contributed by atoms with Gasteiger partial charge in [-0.25, -0.2) is 0 Å². The van der Waals surface area contributed by atoms with Crippen LogP contribution in [-0.4, -0.2) is 29.7 Å². The molecule has 2 rings (SSSR count). The second kappa shape index (κ2) is 5.84. The average Bonchev–Trinajstić information content (AvgIpc) is 2.45. The van der Waals surface area contributed by atoms with E-state index in [9.17, 15) is 32.9 Å². The van der Waals surface area contributed by atoms with Crippen LogP contribution in [0.3, 0.4) is 0 Å². The van der Waals surface area contributed by atoms with E-state index in [1.165, 1.54) is 0 Å². The van der Waals surface area contributed by atoms with Crippen LogP contribution in [0.2, 0.25) is 0 Å². The first-order chi connectivity index (χ1) is 10.2. The lowest BCUT2D eigenvalue weighted by Gasteiger charge is -2.20. The van der Waals surface area contributed by atoms with E-state index in [1.807, 2.05) is 0 Å². The van der Waals surface area contributed by atoms with Gasteiger partial charge in [-0.05, 0) is 6.07 Å². The molecule has 0 spiro atoms. The summed E-state index contributed by atoms with van der Waals surface area (Å²) in [5, 5.41) is 10.8. The summed E-state index contributed by atoms with van der Waals surface area (Å²) in [6.07, 6.45) is -4.88. The number of rotatable bonds is 3. The van der Waals surface area contributed by atoms with Gasteiger partial charge in [0.25, 0.3) is 5.69 Å². The Morgan fingerprint density at radius 3 is 2.59 bits per heavy atom. The number of alkyl halides is 3. The van der Waals surface area contributed by atoms with E-state index in [4.69, 9.17) is 4.74 Å². The third kappa shape index (κ3) is 3.14. The molecule has 0 aromatic heterocycles. The Morgan fingerprint density at radius 2 is 2.05 bits per heavy atom. The third-order valence-corrected chi connectivity index (χ3v) is 3.27. The van der Waals surface area contributed by atoms with Crippen LogP contribution in [0.25, 0.3) is 0 Å². The van der Waals surface area contributed by atoms with Crippen molar-refractivity contribution in [3.63, 3.8) is 0 Å². The van der Waals surface area contributed by atoms with Crippen LogP contribution in [0.1, 0.15) is 22.3 Å². The molecule has 0 N–H and O–H groups in total. The molecule has 1 aromatic carbocycles. The van der Waals surface area contributed by atoms with Crippen molar-refractivity contribution < 1.29 is 32.4 Å². The molecular weight excluding hydrogens is 307 g/mol. The van der Waals surface area contributed by atoms with Crippen molar-refractivity contribution in [1.82, 2.24) is 0 Å². The smallest absolute Gasteiger partial charge is 0.380 e. The highest BCUT2D eigenvalue weighted by Crippen LogP contribution is 2.36. The van der Waals surface area contributed by atoms with E-state index in [1.54, 1.807) is 0 Å². The molecule has 0 radical (unpaired) electrons. The molecule has 1 fully saturated rings. The summed E-state index contributed by atoms with van der Waals surface area (Å²) >= 11 is 0. The van der Waals surface area contributed by atoms with Gasteiger partial charge >= 0.3 is 6.18 Å². The van der Waals surface area contributed by atoms with Gasteiger partial charge < -0.3 is 4.74 Å². The topological polar surface area (TPSA) is 86.5 Å². The Balaban J connectivity index is 2.40. The maximum Gasteiger partial charge on any atom is 0.422 e. The number of nitro benzene ring substituents is 1. The second-order valence-electron chi connectivity index (χ2n) is 4.69. The number of hydrogen-bond acceptors (Lipinski definition) is 5. The molecule has 0 bridgehead atoms. The van der Waals surface area contributed by atoms with Crippen LogP contribution in [0.4, 0.5) is 18.9 Å². The van der Waals surface area contributed by atoms with E-state index in [2.05, 4.69) is 0 Å². The molecule has 1 unspecified atom stereocenters. The van der Waals surface area contributed by atoms with Crippen LogP contribution in [0.5, 0.6) is 0 Å². The van der Waals surface area contributed by atoms with Crippen molar-refractivity contribution in [1.29, 1.82) is 0 Å². The Labute approximate surface area is 122 Å². The zero-order chi connectivity index (χ0) is 16.5. The number of hydrogen-bond donors (Lipinski definition) is 0. The number of carbonyl (C=O) groups excluding carboxylic acids is 2. The molecule has 1 aromatic rings. The number of halogens is 3. The average molecular weight is 317 g/mol. The van der Waals surface area contributed by atoms with Gasteiger partial charge in [-0.3, -0.25) is 19.7 Å². The molecule has 0 aliphatic carbocycles. The summed E-state index contributed by atoms with van der Waals surface area (Å²) in [5.41, 5.74) is -2.98. The van der Waals surface area contributed by atoms with E-state index < -0.39 is 34.1 Å². The highest BCUT2D eigenvalue weighted by Gasteiger charge is 2.39. The minimum Gasteiger partial charge on any atom is -0.380 e. The predicted octanol–water partition coefficient (Wildman–Crippen LogP) is 2.40. The molecule has 0 saturated carbocycles. The third-order valence-electron chi connectivity index (χ3n) is 3.27. The van der Waals surface area contributed by atoms with Gasteiger partial charge in [0, 0.05) is 18.1 Å². The Morgan fingerprint density at radius 1 is 1.36 bits per heavy atom. The Kier molecular flexibility index (Phi) is 4.27. The maximum absolute atomic E-state index is 12.7. The van der Waals surface area contributed by atoms with Gasteiger partial charge in [-0.1, -0.05) is 6.07 Å². The molecule has 1 heterocycles. The molecule has 9 heteroatoms. The van der Waals surface area contributed by atoms with Crippen molar-refractivity contribution in [3.05, 3.63) is 39.4 Å². The molecule has 6 nitrogen and oxygen atoms in total. The normalized spacial score (nSPS) is 19.0. The zero-order valence-electron chi connectivity index (χ0n) is 11.1. The van der Waals surface area contributed by atoms with Crippen LogP contribution in [0.15, 0.2) is 18.2 Å². The van der Waals surface area contributed by atoms with Crippen LogP contribution < -0.4 is 0 Å². The molecular formula is C13H10F3NO5. The van der Waals surface area contributed by atoms with E-state index in [0.29, 0.717) is 12.1 Å². The molecule has 1 saturated heterocycles. The number of carbonyl (C=O) groups is 2. The van der Waals surface area contributed by atoms with E-state index in [-0.39, 0.29) is 31.0 Å². The standard InChI is InChI=1S/C13H10F3NO5/c14-13(15,16)9-2-1-7(5-10(9)17(20)21)12(19)8-6-22-4-3-11(8)18/h1-2,5,8H,3-4,6H2. The predicted molar refractivity (Wildman–Crippen MR) is 66.4 cm³/mol. The molecule has 118 valence electrons. The number of ether oxygens (including phenoxy) is 1. The fourth-order valence-electron chi connectivity index (χ4n) is 2.14. The van der Waals surface area contributed by atoms with Gasteiger partial charge in [-0.15, -0.1) is 0 Å². The minimum atomic E-state index is -4.91. The number of nitrogens with zero attached hydrogens (tertiary/aromatic N) is 1. The number of benzene rings is 1.